The van der Waals surface area contributed by atoms with Crippen molar-refractivity contribution in [2.75, 3.05) is 17.2 Å². The summed E-state index contributed by atoms with van der Waals surface area (Å²) in [6, 6.07) is 5.89. The van der Waals surface area contributed by atoms with Gasteiger partial charge in [-0.2, -0.15) is 0 Å². The fourth-order valence-corrected chi connectivity index (χ4v) is 2.17. The number of aromatic nitrogens is 1. The number of carbonyl (C=O) groups excluding carboxylic acids is 1. The van der Waals surface area contributed by atoms with Crippen LogP contribution in [-0.2, 0) is 4.79 Å². The molecule has 0 unspecified atom stereocenters. The number of anilines is 2. The Morgan fingerprint density at radius 3 is 2.89 bits per heavy atom. The van der Waals surface area contributed by atoms with Crippen LogP contribution < -0.4 is 10.6 Å². The average Bonchev–Trinajstić information content (AvgIpc) is 2.31. The molecule has 1 heterocycles. The van der Waals surface area contributed by atoms with Gasteiger partial charge < -0.3 is 10.6 Å². The van der Waals surface area contributed by atoms with Crippen molar-refractivity contribution in [2.45, 2.75) is 13.8 Å². The van der Waals surface area contributed by atoms with Crippen molar-refractivity contribution in [3.63, 3.8) is 0 Å². The molecule has 5 heteroatoms. The zero-order valence-corrected chi connectivity index (χ0v) is 11.8. The van der Waals surface area contributed by atoms with Gasteiger partial charge in [0.2, 0.25) is 5.91 Å². The highest BCUT2D eigenvalue weighted by molar-refractivity contribution is 9.10. The number of hydrogen-bond acceptors (Lipinski definition) is 3. The first-order chi connectivity index (χ1) is 8.61. The molecule has 0 aliphatic rings. The summed E-state index contributed by atoms with van der Waals surface area (Å²) in [5, 5.41) is 7.06. The van der Waals surface area contributed by atoms with Gasteiger partial charge in [0.05, 0.1) is 23.1 Å². The number of nitrogens with zero attached hydrogens (tertiary/aromatic N) is 1. The Kier molecular flexibility index (Phi) is 3.81. The monoisotopic (exact) mass is 307 g/mol. The molecule has 4 nitrogen and oxygen atoms in total. The van der Waals surface area contributed by atoms with E-state index in [4.69, 9.17) is 0 Å². The molecule has 0 saturated heterocycles. The summed E-state index contributed by atoms with van der Waals surface area (Å²) in [6.45, 7) is 4.28. The van der Waals surface area contributed by atoms with Crippen LogP contribution in [0, 0.1) is 0 Å². The van der Waals surface area contributed by atoms with Crippen LogP contribution in [0.1, 0.15) is 13.8 Å². The van der Waals surface area contributed by atoms with Crippen LogP contribution in [0.3, 0.4) is 0 Å². The van der Waals surface area contributed by atoms with E-state index in [9.17, 15) is 4.79 Å². The third-order valence-electron chi connectivity index (χ3n) is 2.50. The molecule has 0 aliphatic carbocycles. The predicted octanol–water partition coefficient (Wildman–Crippen LogP) is 3.39. The highest BCUT2D eigenvalue weighted by Gasteiger charge is 2.09. The molecule has 2 rings (SSSR count). The Balaban J connectivity index is 2.61. The summed E-state index contributed by atoms with van der Waals surface area (Å²) in [7, 11) is 0. The van der Waals surface area contributed by atoms with Crippen molar-refractivity contribution in [3.05, 3.63) is 28.9 Å². The van der Waals surface area contributed by atoms with E-state index in [2.05, 4.69) is 31.5 Å². The van der Waals surface area contributed by atoms with E-state index in [0.717, 1.165) is 27.6 Å². The molecule has 2 aromatic rings. The lowest BCUT2D eigenvalue weighted by Crippen LogP contribution is -2.10. The minimum absolute atomic E-state index is 0.104. The lowest BCUT2D eigenvalue weighted by atomic mass is 10.1. The van der Waals surface area contributed by atoms with Gasteiger partial charge in [-0.05, 0) is 25.1 Å². The number of pyridine rings is 1. The van der Waals surface area contributed by atoms with Crippen molar-refractivity contribution in [1.29, 1.82) is 0 Å². The zero-order valence-electron chi connectivity index (χ0n) is 10.2. The van der Waals surface area contributed by atoms with Crippen LogP contribution >= 0.6 is 15.9 Å². The molecule has 0 bridgehead atoms. The number of hydrogen-bond donors (Lipinski definition) is 2. The van der Waals surface area contributed by atoms with Gasteiger partial charge in [-0.15, -0.1) is 0 Å². The Labute approximate surface area is 114 Å². The number of nitrogens with one attached hydrogen (secondary N) is 2. The van der Waals surface area contributed by atoms with E-state index in [1.807, 2.05) is 25.1 Å². The smallest absolute Gasteiger partial charge is 0.221 e. The second kappa shape index (κ2) is 5.35. The number of amides is 1. The van der Waals surface area contributed by atoms with E-state index in [0.29, 0.717) is 5.69 Å². The van der Waals surface area contributed by atoms with Gasteiger partial charge in [-0.1, -0.05) is 15.9 Å². The lowest BCUT2D eigenvalue weighted by Gasteiger charge is -2.13. The van der Waals surface area contributed by atoms with Crippen LogP contribution in [0.25, 0.3) is 10.9 Å². The molecule has 94 valence electrons. The SMILES string of the molecule is CCNc1c(NC(C)=O)cnc2cc(Br)ccc12. The van der Waals surface area contributed by atoms with E-state index in [1.165, 1.54) is 6.92 Å². The first-order valence-electron chi connectivity index (χ1n) is 5.71. The van der Waals surface area contributed by atoms with Gasteiger partial charge in [0, 0.05) is 23.3 Å². The second-order valence-electron chi connectivity index (χ2n) is 3.92. The molecule has 0 spiro atoms. The van der Waals surface area contributed by atoms with Crippen LogP contribution in [0.4, 0.5) is 11.4 Å². The normalized spacial score (nSPS) is 10.4. The minimum atomic E-state index is -0.104. The number of benzene rings is 1. The quantitative estimate of drug-likeness (QED) is 0.914. The lowest BCUT2D eigenvalue weighted by molar-refractivity contribution is -0.114. The zero-order chi connectivity index (χ0) is 13.1. The summed E-state index contributed by atoms with van der Waals surface area (Å²) >= 11 is 3.42. The van der Waals surface area contributed by atoms with Crippen LogP contribution in [0.2, 0.25) is 0 Å². The van der Waals surface area contributed by atoms with Crippen LogP contribution in [0.5, 0.6) is 0 Å². The molecular formula is C13H14BrN3O. The predicted molar refractivity (Wildman–Crippen MR) is 77.9 cm³/mol. The first-order valence-corrected chi connectivity index (χ1v) is 6.51. The second-order valence-corrected chi connectivity index (χ2v) is 4.84. The van der Waals surface area contributed by atoms with Crippen molar-refractivity contribution in [1.82, 2.24) is 4.98 Å². The summed E-state index contributed by atoms with van der Waals surface area (Å²) in [5.41, 5.74) is 2.50. The summed E-state index contributed by atoms with van der Waals surface area (Å²) in [5.74, 6) is -0.104. The molecular weight excluding hydrogens is 294 g/mol. The molecule has 0 aliphatic heterocycles. The van der Waals surface area contributed by atoms with Crippen LogP contribution in [-0.4, -0.2) is 17.4 Å². The minimum Gasteiger partial charge on any atom is -0.383 e. The van der Waals surface area contributed by atoms with Gasteiger partial charge in [0.15, 0.2) is 0 Å². The molecule has 0 radical (unpaired) electrons. The maximum atomic E-state index is 11.2. The van der Waals surface area contributed by atoms with E-state index in [-0.39, 0.29) is 5.91 Å². The fraction of sp³-hybridized carbons (Fsp3) is 0.231. The van der Waals surface area contributed by atoms with E-state index < -0.39 is 0 Å². The van der Waals surface area contributed by atoms with Crippen molar-refractivity contribution in [2.24, 2.45) is 0 Å². The Morgan fingerprint density at radius 2 is 2.22 bits per heavy atom. The van der Waals surface area contributed by atoms with Gasteiger partial charge in [0.25, 0.3) is 0 Å². The molecule has 0 atom stereocenters. The maximum Gasteiger partial charge on any atom is 0.221 e. The Hall–Kier alpha value is -1.62. The topological polar surface area (TPSA) is 54.0 Å². The highest BCUT2D eigenvalue weighted by Crippen LogP contribution is 2.31. The molecule has 1 aromatic carbocycles. The average molecular weight is 308 g/mol. The molecule has 0 fully saturated rings. The Morgan fingerprint density at radius 1 is 1.44 bits per heavy atom. The summed E-state index contributed by atoms with van der Waals surface area (Å²) < 4.78 is 0.984. The largest absolute Gasteiger partial charge is 0.383 e. The van der Waals surface area contributed by atoms with Gasteiger partial charge in [-0.3, -0.25) is 9.78 Å². The standard InChI is InChI=1S/C13H14BrN3O/c1-3-15-13-10-5-4-9(14)6-11(10)16-7-12(13)17-8(2)18/h4-7H,3H2,1-2H3,(H,15,16)(H,17,18). The third-order valence-corrected chi connectivity index (χ3v) is 2.99. The maximum absolute atomic E-state index is 11.2. The number of carbonyl (C=O) groups is 1. The molecule has 1 aromatic heterocycles. The van der Waals surface area contributed by atoms with Gasteiger partial charge >= 0.3 is 0 Å². The van der Waals surface area contributed by atoms with Crippen molar-refractivity contribution in [3.8, 4) is 0 Å². The van der Waals surface area contributed by atoms with E-state index >= 15 is 0 Å². The number of rotatable bonds is 3. The fourth-order valence-electron chi connectivity index (χ4n) is 1.82. The van der Waals surface area contributed by atoms with E-state index in [1.54, 1.807) is 6.20 Å². The van der Waals surface area contributed by atoms with Gasteiger partial charge in [-0.25, -0.2) is 0 Å². The molecule has 18 heavy (non-hydrogen) atoms. The molecule has 0 saturated carbocycles. The molecule has 2 N–H and O–H groups in total. The third kappa shape index (κ3) is 2.61. The van der Waals surface area contributed by atoms with Crippen molar-refractivity contribution < 1.29 is 4.79 Å². The van der Waals surface area contributed by atoms with Crippen molar-refractivity contribution >= 4 is 44.1 Å². The number of halogens is 1. The van der Waals surface area contributed by atoms with Gasteiger partial charge in [0.1, 0.15) is 0 Å². The summed E-state index contributed by atoms with van der Waals surface area (Å²) in [6.07, 6.45) is 1.67. The highest BCUT2D eigenvalue weighted by atomic mass is 79.9. The molecule has 1 amide bonds. The first kappa shape index (κ1) is 12.8. The number of fused-ring (bicyclic) bond motifs is 1. The summed E-state index contributed by atoms with van der Waals surface area (Å²) in [4.78, 5) is 15.5. The Bertz CT molecular complexity index is 598. The van der Waals surface area contributed by atoms with Crippen LogP contribution in [0.15, 0.2) is 28.9 Å².